The zero-order valence-corrected chi connectivity index (χ0v) is 15.9. The van der Waals surface area contributed by atoms with Crippen LogP contribution >= 0.6 is 11.6 Å². The molecule has 2 amide bonds. The molecule has 11 heteroatoms. The molecule has 2 aliphatic heterocycles. The topological polar surface area (TPSA) is 103 Å². The Balaban J connectivity index is 1.61. The van der Waals surface area contributed by atoms with E-state index in [1.165, 1.54) is 16.8 Å². The van der Waals surface area contributed by atoms with Gasteiger partial charge in [0.15, 0.2) is 6.29 Å². The lowest BCUT2D eigenvalue weighted by Gasteiger charge is -2.35. The Kier molecular flexibility index (Phi) is 4.79. The second kappa shape index (κ2) is 7.13. The van der Waals surface area contributed by atoms with Crippen LogP contribution in [0.1, 0.15) is 22.3 Å². The van der Waals surface area contributed by atoms with Crippen LogP contribution in [0.25, 0.3) is 0 Å². The smallest absolute Gasteiger partial charge is 0.261 e. The molecule has 2 saturated heterocycles. The molecule has 3 unspecified atom stereocenters. The van der Waals surface area contributed by atoms with Gasteiger partial charge in [-0.25, -0.2) is 14.1 Å². The normalized spacial score (nSPS) is 24.7. The van der Waals surface area contributed by atoms with Gasteiger partial charge in [0.05, 0.1) is 28.4 Å². The van der Waals surface area contributed by atoms with E-state index in [4.69, 9.17) is 11.6 Å². The molecule has 2 fully saturated rings. The Bertz CT molecular complexity index is 929. The Morgan fingerprint density at radius 2 is 2.21 bits per heavy atom. The number of halogens is 2. The minimum atomic E-state index is -0.724. The summed E-state index contributed by atoms with van der Waals surface area (Å²) in [5.41, 5.74) is 3.47. The van der Waals surface area contributed by atoms with Crippen LogP contribution in [-0.2, 0) is 4.79 Å². The summed E-state index contributed by atoms with van der Waals surface area (Å²) >= 11 is 5.98. The summed E-state index contributed by atoms with van der Waals surface area (Å²) in [6, 6.07) is 5.65. The molecule has 3 heterocycles. The van der Waals surface area contributed by atoms with Crippen molar-refractivity contribution in [2.24, 2.45) is 5.92 Å². The lowest BCUT2D eigenvalue weighted by atomic mass is 10.1. The van der Waals surface area contributed by atoms with Crippen LogP contribution in [0, 0.1) is 18.7 Å². The van der Waals surface area contributed by atoms with Crippen molar-refractivity contribution in [1.82, 2.24) is 30.8 Å². The zero-order valence-electron chi connectivity index (χ0n) is 15.2. The molecule has 4 N–H and O–H groups in total. The lowest BCUT2D eigenvalue weighted by molar-refractivity contribution is -0.131. The van der Waals surface area contributed by atoms with Crippen LogP contribution in [-0.4, -0.2) is 46.4 Å². The fourth-order valence-corrected chi connectivity index (χ4v) is 3.71. The Hall–Kier alpha value is -2.53. The first-order valence-electron chi connectivity index (χ1n) is 8.69. The molecule has 0 saturated carbocycles. The van der Waals surface area contributed by atoms with Crippen LogP contribution in [0.3, 0.4) is 0 Å². The van der Waals surface area contributed by atoms with Crippen LogP contribution < -0.4 is 21.4 Å². The summed E-state index contributed by atoms with van der Waals surface area (Å²) in [6.45, 7) is 2.28. The third-order valence-electron chi connectivity index (χ3n) is 4.84. The summed E-state index contributed by atoms with van der Waals surface area (Å²) in [7, 11) is 1.84. The monoisotopic (exact) mass is 407 g/mol. The minimum absolute atomic E-state index is 0.00544. The van der Waals surface area contributed by atoms with Crippen molar-refractivity contribution in [3.63, 3.8) is 0 Å². The van der Waals surface area contributed by atoms with Crippen LogP contribution in [0.15, 0.2) is 24.3 Å². The largest absolute Gasteiger partial charge is 0.321 e. The van der Waals surface area contributed by atoms with Crippen molar-refractivity contribution >= 4 is 29.2 Å². The minimum Gasteiger partial charge on any atom is -0.321 e. The van der Waals surface area contributed by atoms with Gasteiger partial charge in [-0.3, -0.25) is 20.3 Å². The molecular formula is C17H19ClFN7O2. The predicted molar refractivity (Wildman–Crippen MR) is 99.7 cm³/mol. The number of aryl methyl sites for hydroxylation is 1. The first-order valence-corrected chi connectivity index (χ1v) is 9.07. The zero-order chi connectivity index (χ0) is 20.0. The number of rotatable bonds is 3. The van der Waals surface area contributed by atoms with E-state index in [9.17, 15) is 14.0 Å². The van der Waals surface area contributed by atoms with E-state index < -0.39 is 18.0 Å². The maximum atomic E-state index is 14.1. The molecule has 2 aliphatic rings. The standard InChI is InChI=1S/C17H19ClFN7O2/c1-8-6-12(21-16(28)13-10(18)4-3-5-11(13)19)26(24-8)17-22-14-9(15(27)23-17)7-20-25(14)2/h3-6,9,14,17,20,22H,7H2,1-2H3,(H,21,28)(H,23,27). The average molecular weight is 408 g/mol. The number of hydrogen-bond acceptors (Lipinski definition) is 6. The average Bonchev–Trinajstić information content (AvgIpc) is 3.18. The van der Waals surface area contributed by atoms with Gasteiger partial charge in [-0.1, -0.05) is 17.7 Å². The highest BCUT2D eigenvalue weighted by Crippen LogP contribution is 2.25. The SMILES string of the molecule is Cc1cc(NC(=O)c2c(F)cccc2Cl)n(C2NC(=O)C3CNN(C)C3N2)n1. The van der Waals surface area contributed by atoms with Gasteiger partial charge < -0.3 is 10.6 Å². The highest BCUT2D eigenvalue weighted by Gasteiger charge is 2.43. The first-order chi connectivity index (χ1) is 13.3. The van der Waals surface area contributed by atoms with Gasteiger partial charge in [-0.05, 0) is 19.1 Å². The van der Waals surface area contributed by atoms with E-state index in [1.54, 1.807) is 13.0 Å². The van der Waals surface area contributed by atoms with E-state index >= 15 is 0 Å². The van der Waals surface area contributed by atoms with E-state index in [0.717, 1.165) is 6.07 Å². The molecule has 4 rings (SSSR count). The number of hydrogen-bond donors (Lipinski definition) is 4. The fraction of sp³-hybridized carbons (Fsp3) is 0.353. The maximum absolute atomic E-state index is 14.1. The second-order valence-corrected chi connectivity index (χ2v) is 7.18. The van der Waals surface area contributed by atoms with E-state index in [1.807, 2.05) is 12.1 Å². The Morgan fingerprint density at radius 1 is 1.43 bits per heavy atom. The number of amides is 2. The number of fused-ring (bicyclic) bond motifs is 1. The molecule has 0 spiro atoms. The maximum Gasteiger partial charge on any atom is 0.261 e. The van der Waals surface area contributed by atoms with Gasteiger partial charge in [0.1, 0.15) is 11.6 Å². The third kappa shape index (κ3) is 3.24. The van der Waals surface area contributed by atoms with Crippen molar-refractivity contribution in [3.8, 4) is 0 Å². The van der Waals surface area contributed by atoms with E-state index in [0.29, 0.717) is 18.1 Å². The number of nitrogens with zero attached hydrogens (tertiary/aromatic N) is 3. The molecule has 1 aromatic heterocycles. The Morgan fingerprint density at radius 3 is 2.96 bits per heavy atom. The van der Waals surface area contributed by atoms with Crippen molar-refractivity contribution < 1.29 is 14.0 Å². The van der Waals surface area contributed by atoms with Crippen molar-refractivity contribution in [1.29, 1.82) is 0 Å². The van der Waals surface area contributed by atoms with Crippen LogP contribution in [0.4, 0.5) is 10.2 Å². The summed E-state index contributed by atoms with van der Waals surface area (Å²) < 4.78 is 15.5. The molecule has 1 aromatic carbocycles. The van der Waals surface area contributed by atoms with E-state index in [2.05, 4.69) is 26.5 Å². The van der Waals surface area contributed by atoms with Crippen LogP contribution in [0.2, 0.25) is 5.02 Å². The molecule has 0 bridgehead atoms. The molecule has 148 valence electrons. The number of benzene rings is 1. The number of aromatic nitrogens is 2. The highest BCUT2D eigenvalue weighted by atomic mass is 35.5. The van der Waals surface area contributed by atoms with Crippen LogP contribution in [0.5, 0.6) is 0 Å². The molecule has 0 aliphatic carbocycles. The highest BCUT2D eigenvalue weighted by molar-refractivity contribution is 6.34. The van der Waals surface area contributed by atoms with Gasteiger partial charge in [0, 0.05) is 19.7 Å². The Labute approximate surface area is 165 Å². The number of anilines is 1. The van der Waals surface area contributed by atoms with Gasteiger partial charge in [0.25, 0.3) is 5.91 Å². The number of nitrogens with one attached hydrogen (secondary N) is 4. The van der Waals surface area contributed by atoms with Crippen molar-refractivity contribution in [3.05, 3.63) is 46.4 Å². The molecular weight excluding hydrogens is 389 g/mol. The summed E-state index contributed by atoms with van der Waals surface area (Å²) in [5, 5.41) is 14.9. The molecule has 3 atom stereocenters. The third-order valence-corrected chi connectivity index (χ3v) is 5.15. The molecule has 28 heavy (non-hydrogen) atoms. The van der Waals surface area contributed by atoms with Crippen molar-refractivity contribution in [2.75, 3.05) is 18.9 Å². The number of carbonyl (C=O) groups excluding carboxylic acids is 2. The molecule has 9 nitrogen and oxygen atoms in total. The van der Waals surface area contributed by atoms with Gasteiger partial charge in [0.2, 0.25) is 5.91 Å². The lowest BCUT2D eigenvalue weighted by Crippen LogP contribution is -2.61. The summed E-state index contributed by atoms with van der Waals surface area (Å²) in [6.07, 6.45) is -0.913. The molecule has 0 radical (unpaired) electrons. The summed E-state index contributed by atoms with van der Waals surface area (Å²) in [5.74, 6) is -1.50. The van der Waals surface area contributed by atoms with Gasteiger partial charge >= 0.3 is 0 Å². The van der Waals surface area contributed by atoms with Gasteiger partial charge in [-0.15, -0.1) is 0 Å². The summed E-state index contributed by atoms with van der Waals surface area (Å²) in [4.78, 5) is 25.0. The number of hydrazine groups is 1. The second-order valence-electron chi connectivity index (χ2n) is 6.77. The fourth-order valence-electron chi connectivity index (χ4n) is 3.46. The first kappa shape index (κ1) is 18.8. The quantitative estimate of drug-likeness (QED) is 0.600. The predicted octanol–water partition coefficient (Wildman–Crippen LogP) is 0.804. The van der Waals surface area contributed by atoms with E-state index in [-0.39, 0.29) is 28.6 Å². The van der Waals surface area contributed by atoms with Crippen molar-refractivity contribution in [2.45, 2.75) is 19.4 Å². The van der Waals surface area contributed by atoms with Gasteiger partial charge in [-0.2, -0.15) is 5.10 Å². The molecule has 2 aromatic rings. The number of carbonyl (C=O) groups is 2.